The van der Waals surface area contributed by atoms with Crippen LogP contribution >= 0.6 is 0 Å². The highest BCUT2D eigenvalue weighted by molar-refractivity contribution is 5.71. The number of ether oxygens (including phenoxy) is 2. The number of hydrogen-bond acceptors (Lipinski definition) is 5. The quantitative estimate of drug-likeness (QED) is 0.626. The molecule has 0 bridgehead atoms. The molecule has 1 heterocycles. The van der Waals surface area contributed by atoms with E-state index < -0.39 is 18.0 Å². The Hall–Kier alpha value is -0.690. The first-order valence-corrected chi connectivity index (χ1v) is 5.81. The van der Waals surface area contributed by atoms with Crippen molar-refractivity contribution in [2.75, 3.05) is 40.0 Å². The lowest BCUT2D eigenvalue weighted by Crippen LogP contribution is -2.47. The van der Waals surface area contributed by atoms with Crippen molar-refractivity contribution in [1.82, 2.24) is 4.90 Å². The number of carboxylic acids is 1. The fourth-order valence-electron chi connectivity index (χ4n) is 2.15. The monoisotopic (exact) mass is 247 g/mol. The number of carboxylic acid groups (broad SMARTS) is 1. The molecule has 0 saturated carbocycles. The fourth-order valence-corrected chi connectivity index (χ4v) is 2.15. The van der Waals surface area contributed by atoms with Gasteiger partial charge in [-0.25, -0.2) is 0 Å². The Morgan fingerprint density at radius 2 is 2.29 bits per heavy atom. The van der Waals surface area contributed by atoms with Gasteiger partial charge in [-0.15, -0.1) is 0 Å². The average Bonchev–Trinajstić information content (AvgIpc) is 2.75. The van der Waals surface area contributed by atoms with Gasteiger partial charge in [0.1, 0.15) is 0 Å². The number of rotatable bonds is 7. The topological polar surface area (TPSA) is 79.2 Å². The van der Waals surface area contributed by atoms with Gasteiger partial charge in [-0.1, -0.05) is 6.92 Å². The molecule has 6 heteroatoms. The van der Waals surface area contributed by atoms with E-state index in [1.807, 2.05) is 11.8 Å². The highest BCUT2D eigenvalue weighted by atomic mass is 16.5. The highest BCUT2D eigenvalue weighted by Crippen LogP contribution is 2.20. The van der Waals surface area contributed by atoms with Crippen LogP contribution < -0.4 is 0 Å². The molecule has 100 valence electrons. The minimum atomic E-state index is -0.841. The van der Waals surface area contributed by atoms with Gasteiger partial charge in [0.15, 0.2) is 0 Å². The minimum absolute atomic E-state index is 0.163. The van der Waals surface area contributed by atoms with Crippen LogP contribution in [-0.2, 0) is 14.3 Å². The molecule has 1 aliphatic rings. The van der Waals surface area contributed by atoms with Crippen molar-refractivity contribution in [3.8, 4) is 0 Å². The summed E-state index contributed by atoms with van der Waals surface area (Å²) in [5, 5.41) is 18.8. The predicted molar refractivity (Wildman–Crippen MR) is 60.9 cm³/mol. The molecule has 2 N–H and O–H groups in total. The Morgan fingerprint density at radius 3 is 2.82 bits per heavy atom. The summed E-state index contributed by atoms with van der Waals surface area (Å²) >= 11 is 0. The summed E-state index contributed by atoms with van der Waals surface area (Å²) in [6.45, 7) is 3.93. The van der Waals surface area contributed by atoms with Crippen molar-refractivity contribution in [2.24, 2.45) is 5.92 Å². The van der Waals surface area contributed by atoms with Gasteiger partial charge < -0.3 is 19.7 Å². The number of aliphatic hydroxyl groups is 1. The van der Waals surface area contributed by atoms with Crippen LogP contribution in [0.2, 0.25) is 0 Å². The Morgan fingerprint density at radius 1 is 1.59 bits per heavy atom. The maximum Gasteiger partial charge on any atom is 0.310 e. The van der Waals surface area contributed by atoms with E-state index in [0.717, 1.165) is 0 Å². The van der Waals surface area contributed by atoms with Gasteiger partial charge in [0, 0.05) is 19.7 Å². The summed E-state index contributed by atoms with van der Waals surface area (Å²) in [7, 11) is 1.53. The molecule has 0 aromatic carbocycles. The minimum Gasteiger partial charge on any atom is -0.481 e. The maximum absolute atomic E-state index is 11.1. The molecule has 0 radical (unpaired) electrons. The Balaban J connectivity index is 2.56. The molecule has 0 aromatic heterocycles. The van der Waals surface area contributed by atoms with Gasteiger partial charge in [0.25, 0.3) is 0 Å². The second kappa shape index (κ2) is 6.90. The fraction of sp³-hybridized carbons (Fsp3) is 0.909. The van der Waals surface area contributed by atoms with E-state index in [4.69, 9.17) is 14.6 Å². The summed E-state index contributed by atoms with van der Waals surface area (Å²) in [6, 6.07) is -0.163. The Bertz CT molecular complexity index is 248. The molecular formula is C11H21NO5. The predicted octanol–water partition coefficient (Wildman–Crippen LogP) is -0.585. The molecular weight excluding hydrogens is 226 g/mol. The standard InChI is InChI=1S/C11H21NO5/c1-3-12(4-8(13)5-16-2)10-7-17-6-9(10)11(14)15/h8-10,13H,3-7H2,1-2H3,(H,14,15). The third-order valence-corrected chi connectivity index (χ3v) is 3.05. The summed E-state index contributed by atoms with van der Waals surface area (Å²) in [5.74, 6) is -1.35. The average molecular weight is 247 g/mol. The van der Waals surface area contributed by atoms with Crippen LogP contribution in [0.15, 0.2) is 0 Å². The van der Waals surface area contributed by atoms with Crippen molar-refractivity contribution >= 4 is 5.97 Å². The van der Waals surface area contributed by atoms with E-state index >= 15 is 0 Å². The molecule has 1 fully saturated rings. The van der Waals surface area contributed by atoms with Crippen molar-refractivity contribution < 1.29 is 24.5 Å². The molecule has 3 atom stereocenters. The largest absolute Gasteiger partial charge is 0.481 e. The van der Waals surface area contributed by atoms with Gasteiger partial charge in [0.2, 0.25) is 0 Å². The highest BCUT2D eigenvalue weighted by Gasteiger charge is 2.37. The molecule has 3 unspecified atom stereocenters. The molecule has 1 aliphatic heterocycles. The molecule has 0 aromatic rings. The number of methoxy groups -OCH3 is 1. The van der Waals surface area contributed by atoms with Gasteiger partial charge in [-0.2, -0.15) is 0 Å². The number of carbonyl (C=O) groups is 1. The maximum atomic E-state index is 11.1. The summed E-state index contributed by atoms with van der Waals surface area (Å²) < 4.78 is 10.1. The number of aliphatic carboxylic acids is 1. The SMILES string of the molecule is CCN(CC(O)COC)C1COCC1C(=O)O. The van der Waals surface area contributed by atoms with E-state index in [1.54, 1.807) is 0 Å². The number of aliphatic hydroxyl groups excluding tert-OH is 1. The van der Waals surface area contributed by atoms with Gasteiger partial charge >= 0.3 is 5.97 Å². The normalized spacial score (nSPS) is 26.4. The second-order valence-electron chi connectivity index (χ2n) is 4.25. The van der Waals surface area contributed by atoms with Crippen LogP contribution in [0.5, 0.6) is 0 Å². The van der Waals surface area contributed by atoms with Gasteiger partial charge in [0.05, 0.1) is 31.8 Å². The molecule has 6 nitrogen and oxygen atoms in total. The zero-order valence-electron chi connectivity index (χ0n) is 10.3. The van der Waals surface area contributed by atoms with Gasteiger partial charge in [-0.05, 0) is 6.54 Å². The summed E-state index contributed by atoms with van der Waals surface area (Å²) in [5.41, 5.74) is 0. The molecule has 0 spiro atoms. The van der Waals surface area contributed by atoms with Crippen molar-refractivity contribution in [2.45, 2.75) is 19.1 Å². The van der Waals surface area contributed by atoms with Crippen LogP contribution in [-0.4, -0.2) is 73.2 Å². The smallest absolute Gasteiger partial charge is 0.310 e. The zero-order chi connectivity index (χ0) is 12.8. The number of hydrogen-bond donors (Lipinski definition) is 2. The molecule has 0 amide bonds. The van der Waals surface area contributed by atoms with E-state index in [2.05, 4.69) is 0 Å². The van der Waals surface area contributed by atoms with Crippen LogP contribution in [0.3, 0.4) is 0 Å². The van der Waals surface area contributed by atoms with Crippen molar-refractivity contribution in [1.29, 1.82) is 0 Å². The second-order valence-corrected chi connectivity index (χ2v) is 4.25. The lowest BCUT2D eigenvalue weighted by Gasteiger charge is -2.30. The Kier molecular flexibility index (Phi) is 5.84. The molecule has 0 aliphatic carbocycles. The first kappa shape index (κ1) is 14.4. The molecule has 1 rings (SSSR count). The first-order chi connectivity index (χ1) is 8.10. The van der Waals surface area contributed by atoms with Crippen molar-refractivity contribution in [3.05, 3.63) is 0 Å². The third kappa shape index (κ3) is 3.92. The summed E-state index contributed by atoms with van der Waals surface area (Å²) in [4.78, 5) is 13.0. The van der Waals surface area contributed by atoms with Crippen LogP contribution in [0, 0.1) is 5.92 Å². The zero-order valence-corrected chi connectivity index (χ0v) is 10.3. The van der Waals surface area contributed by atoms with E-state index in [0.29, 0.717) is 19.7 Å². The lowest BCUT2D eigenvalue weighted by molar-refractivity contribution is -0.143. The van der Waals surface area contributed by atoms with Crippen molar-refractivity contribution in [3.63, 3.8) is 0 Å². The van der Waals surface area contributed by atoms with E-state index in [1.165, 1.54) is 7.11 Å². The van der Waals surface area contributed by atoms with Crippen LogP contribution in [0.1, 0.15) is 6.92 Å². The molecule has 1 saturated heterocycles. The molecule has 17 heavy (non-hydrogen) atoms. The lowest BCUT2D eigenvalue weighted by atomic mass is 10.0. The first-order valence-electron chi connectivity index (χ1n) is 5.81. The van der Waals surface area contributed by atoms with Crippen LogP contribution in [0.4, 0.5) is 0 Å². The van der Waals surface area contributed by atoms with Crippen LogP contribution in [0.25, 0.3) is 0 Å². The number of likely N-dealkylation sites (N-methyl/N-ethyl adjacent to an activating group) is 1. The summed E-state index contributed by atoms with van der Waals surface area (Å²) in [6.07, 6.45) is -0.602. The third-order valence-electron chi connectivity index (χ3n) is 3.05. The van der Waals surface area contributed by atoms with E-state index in [-0.39, 0.29) is 19.3 Å². The van der Waals surface area contributed by atoms with Gasteiger partial charge in [-0.3, -0.25) is 9.69 Å². The van der Waals surface area contributed by atoms with E-state index in [9.17, 15) is 9.90 Å². The number of nitrogens with zero attached hydrogens (tertiary/aromatic N) is 1. The Labute approximate surface area is 101 Å².